The smallest absolute Gasteiger partial charge is 0.255 e. The molecule has 1 aliphatic heterocycles. The molecular weight excluding hydrogens is 296 g/mol. The number of rotatable bonds is 7. The zero-order valence-corrected chi connectivity index (χ0v) is 13.1. The first-order valence-electron chi connectivity index (χ1n) is 7.99. The van der Waals surface area contributed by atoms with E-state index in [4.69, 9.17) is 9.84 Å². The number of carbonyl (C=O) groups is 1. The summed E-state index contributed by atoms with van der Waals surface area (Å²) in [4.78, 5) is 14.6. The van der Waals surface area contributed by atoms with Crippen LogP contribution in [0.1, 0.15) is 23.2 Å². The summed E-state index contributed by atoms with van der Waals surface area (Å²) in [5, 5.41) is 15.7. The molecule has 0 spiro atoms. The van der Waals surface area contributed by atoms with Gasteiger partial charge in [0.25, 0.3) is 5.91 Å². The minimum atomic E-state index is -0.161. The van der Waals surface area contributed by atoms with Crippen LogP contribution in [0.25, 0.3) is 5.52 Å². The Morgan fingerprint density at radius 3 is 2.96 bits per heavy atom. The number of hydrogen-bond acceptors (Lipinski definition) is 5. The Morgan fingerprint density at radius 2 is 2.17 bits per heavy atom. The van der Waals surface area contributed by atoms with E-state index in [1.54, 1.807) is 10.7 Å². The van der Waals surface area contributed by atoms with Crippen LogP contribution in [0.15, 0.2) is 24.5 Å². The van der Waals surface area contributed by atoms with Gasteiger partial charge >= 0.3 is 0 Å². The number of anilines is 1. The molecule has 0 unspecified atom stereocenters. The van der Waals surface area contributed by atoms with Gasteiger partial charge in [-0.2, -0.15) is 5.10 Å². The molecule has 0 radical (unpaired) electrons. The van der Waals surface area contributed by atoms with Crippen molar-refractivity contribution in [3.63, 3.8) is 0 Å². The monoisotopic (exact) mass is 318 g/mol. The van der Waals surface area contributed by atoms with Crippen molar-refractivity contribution in [3.05, 3.63) is 30.1 Å². The van der Waals surface area contributed by atoms with Gasteiger partial charge in [0.15, 0.2) is 0 Å². The van der Waals surface area contributed by atoms with E-state index < -0.39 is 0 Å². The molecule has 3 rings (SSSR count). The lowest BCUT2D eigenvalue weighted by Crippen LogP contribution is -2.27. The molecule has 2 N–H and O–H groups in total. The zero-order valence-electron chi connectivity index (χ0n) is 13.1. The number of ether oxygens (including phenoxy) is 1. The topological polar surface area (TPSA) is 79.1 Å². The van der Waals surface area contributed by atoms with Crippen LogP contribution >= 0.6 is 0 Å². The third-order valence-corrected chi connectivity index (χ3v) is 3.99. The molecular formula is C16H22N4O3. The molecule has 124 valence electrons. The fourth-order valence-corrected chi connectivity index (χ4v) is 2.82. The summed E-state index contributed by atoms with van der Waals surface area (Å²) in [6, 6.07) is 4.06. The Morgan fingerprint density at radius 1 is 1.35 bits per heavy atom. The third kappa shape index (κ3) is 3.62. The summed E-state index contributed by atoms with van der Waals surface area (Å²) in [7, 11) is 0. The summed E-state index contributed by atoms with van der Waals surface area (Å²) in [6.07, 6.45) is 5.91. The maximum Gasteiger partial charge on any atom is 0.255 e. The van der Waals surface area contributed by atoms with Crippen molar-refractivity contribution in [1.82, 2.24) is 14.9 Å². The molecule has 23 heavy (non-hydrogen) atoms. The molecule has 0 bridgehead atoms. The van der Waals surface area contributed by atoms with Gasteiger partial charge in [-0.25, -0.2) is 4.52 Å². The van der Waals surface area contributed by atoms with E-state index in [2.05, 4.69) is 15.3 Å². The molecule has 2 aromatic heterocycles. The van der Waals surface area contributed by atoms with Gasteiger partial charge in [0.05, 0.1) is 37.1 Å². The first-order valence-corrected chi connectivity index (χ1v) is 7.99. The van der Waals surface area contributed by atoms with E-state index in [0.717, 1.165) is 24.3 Å². The van der Waals surface area contributed by atoms with Crippen molar-refractivity contribution in [2.24, 2.45) is 0 Å². The quantitative estimate of drug-likeness (QED) is 0.734. The maximum absolute atomic E-state index is 12.3. The van der Waals surface area contributed by atoms with Crippen LogP contribution in [0, 0.1) is 0 Å². The number of hydrogen-bond donors (Lipinski definition) is 2. The van der Waals surface area contributed by atoms with Gasteiger partial charge in [0.2, 0.25) is 0 Å². The van der Waals surface area contributed by atoms with Crippen LogP contribution in [0.5, 0.6) is 0 Å². The van der Waals surface area contributed by atoms with Gasteiger partial charge in [-0.1, -0.05) is 0 Å². The summed E-state index contributed by atoms with van der Waals surface area (Å²) in [5.41, 5.74) is 2.51. The highest BCUT2D eigenvalue weighted by atomic mass is 16.5. The molecule has 0 saturated carbocycles. The molecule has 0 atom stereocenters. The molecule has 1 aliphatic rings. The Labute approximate surface area is 134 Å². The van der Waals surface area contributed by atoms with E-state index in [1.165, 1.54) is 12.8 Å². The highest BCUT2D eigenvalue weighted by molar-refractivity contribution is 6.01. The van der Waals surface area contributed by atoms with Crippen LogP contribution in [0.2, 0.25) is 0 Å². The number of nitrogens with one attached hydrogen (secondary N) is 1. The van der Waals surface area contributed by atoms with Gasteiger partial charge in [0, 0.05) is 31.5 Å². The number of amides is 1. The van der Waals surface area contributed by atoms with E-state index in [1.807, 2.05) is 18.3 Å². The van der Waals surface area contributed by atoms with Gasteiger partial charge in [-0.3, -0.25) is 4.79 Å². The van der Waals surface area contributed by atoms with Crippen molar-refractivity contribution in [1.29, 1.82) is 0 Å². The molecule has 1 saturated heterocycles. The highest BCUT2D eigenvalue weighted by Gasteiger charge is 2.16. The minimum absolute atomic E-state index is 0.0126. The number of aliphatic hydroxyl groups excluding tert-OH is 1. The van der Waals surface area contributed by atoms with Crippen LogP contribution < -0.4 is 10.2 Å². The Balaban J connectivity index is 1.70. The number of carbonyl (C=O) groups excluding carboxylic acids is 1. The standard InChI is InChI=1S/C16H22N4O3/c21-8-10-23-9-4-17-16(22)14-12-18-20-7-3-13(11-15(14)20)19-5-1-2-6-19/h3,7,11-12,21H,1-2,4-6,8-10H2,(H,17,22). The zero-order chi connectivity index (χ0) is 16.1. The fraction of sp³-hybridized carbons (Fsp3) is 0.500. The lowest BCUT2D eigenvalue weighted by atomic mass is 10.2. The van der Waals surface area contributed by atoms with Crippen molar-refractivity contribution < 1.29 is 14.6 Å². The number of pyridine rings is 1. The van der Waals surface area contributed by atoms with E-state index in [-0.39, 0.29) is 19.1 Å². The SMILES string of the molecule is O=C(NCCOCCO)c1cnn2ccc(N3CCCC3)cc12. The predicted molar refractivity (Wildman–Crippen MR) is 86.9 cm³/mol. The second-order valence-corrected chi connectivity index (χ2v) is 5.56. The first kappa shape index (κ1) is 15.8. The van der Waals surface area contributed by atoms with Gasteiger partial charge in [-0.05, 0) is 25.0 Å². The van der Waals surface area contributed by atoms with Crippen molar-refractivity contribution in [2.45, 2.75) is 12.8 Å². The Kier molecular flexibility index (Phi) is 5.09. The molecule has 7 nitrogen and oxygen atoms in total. The number of nitrogens with zero attached hydrogens (tertiary/aromatic N) is 3. The lowest BCUT2D eigenvalue weighted by Gasteiger charge is -2.17. The highest BCUT2D eigenvalue weighted by Crippen LogP contribution is 2.23. The van der Waals surface area contributed by atoms with Crippen LogP contribution in [-0.4, -0.2) is 60.1 Å². The molecule has 1 fully saturated rings. The summed E-state index contributed by atoms with van der Waals surface area (Å²) < 4.78 is 6.85. The minimum Gasteiger partial charge on any atom is -0.394 e. The van der Waals surface area contributed by atoms with E-state index in [9.17, 15) is 4.79 Å². The number of aromatic nitrogens is 2. The summed E-state index contributed by atoms with van der Waals surface area (Å²) in [5.74, 6) is -0.161. The van der Waals surface area contributed by atoms with Gasteiger partial charge in [-0.15, -0.1) is 0 Å². The molecule has 1 amide bonds. The Hall–Kier alpha value is -2.12. The molecule has 7 heteroatoms. The van der Waals surface area contributed by atoms with Crippen LogP contribution in [0.4, 0.5) is 5.69 Å². The molecule has 2 aromatic rings. The summed E-state index contributed by atoms with van der Waals surface area (Å²) >= 11 is 0. The second-order valence-electron chi connectivity index (χ2n) is 5.56. The predicted octanol–water partition coefficient (Wildman–Crippen LogP) is 0.673. The van der Waals surface area contributed by atoms with Crippen LogP contribution in [0.3, 0.4) is 0 Å². The average molecular weight is 318 g/mol. The Bertz CT molecular complexity index is 664. The number of fused-ring (bicyclic) bond motifs is 1. The number of aliphatic hydroxyl groups is 1. The molecule has 0 aromatic carbocycles. The fourth-order valence-electron chi connectivity index (χ4n) is 2.82. The lowest BCUT2D eigenvalue weighted by molar-refractivity contribution is 0.0839. The first-order chi connectivity index (χ1) is 11.3. The normalized spacial score (nSPS) is 14.6. The second kappa shape index (κ2) is 7.43. The third-order valence-electron chi connectivity index (χ3n) is 3.99. The van der Waals surface area contributed by atoms with Crippen LogP contribution in [-0.2, 0) is 4.74 Å². The van der Waals surface area contributed by atoms with Crippen molar-refractivity contribution >= 4 is 17.1 Å². The summed E-state index contributed by atoms with van der Waals surface area (Å²) in [6.45, 7) is 3.18. The maximum atomic E-state index is 12.3. The largest absolute Gasteiger partial charge is 0.394 e. The average Bonchev–Trinajstić information content (AvgIpc) is 3.23. The van der Waals surface area contributed by atoms with E-state index in [0.29, 0.717) is 18.7 Å². The van der Waals surface area contributed by atoms with E-state index >= 15 is 0 Å². The molecule has 0 aliphatic carbocycles. The van der Waals surface area contributed by atoms with Gasteiger partial charge in [0.1, 0.15) is 0 Å². The van der Waals surface area contributed by atoms with Gasteiger partial charge < -0.3 is 20.1 Å². The van der Waals surface area contributed by atoms with Crippen molar-refractivity contribution in [2.75, 3.05) is 44.4 Å². The molecule has 3 heterocycles. The van der Waals surface area contributed by atoms with Crippen molar-refractivity contribution in [3.8, 4) is 0 Å².